The molecular formula is C9H16BNO4. The van der Waals surface area contributed by atoms with Crippen LogP contribution in [-0.2, 0) is 9.31 Å². The lowest BCUT2D eigenvalue weighted by Gasteiger charge is -2.21. The molecule has 6 heteroatoms. The predicted octanol–water partition coefficient (Wildman–Crippen LogP) is 1.05. The van der Waals surface area contributed by atoms with Gasteiger partial charge in [-0.25, -0.2) is 4.79 Å². The Kier molecular flexibility index (Phi) is 3.76. The molecule has 0 aliphatic carbocycles. The van der Waals surface area contributed by atoms with Crippen molar-refractivity contribution in [2.45, 2.75) is 32.5 Å². The molecule has 0 aromatic carbocycles. The van der Waals surface area contributed by atoms with Gasteiger partial charge in [0.1, 0.15) is 0 Å². The molecule has 1 aliphatic heterocycles. The lowest BCUT2D eigenvalue weighted by Crippen LogP contribution is -2.30. The fourth-order valence-electron chi connectivity index (χ4n) is 1.20. The molecule has 0 radical (unpaired) electrons. The molecule has 0 aromatic heterocycles. The summed E-state index contributed by atoms with van der Waals surface area (Å²) in [7, 11) is -0.384. The highest BCUT2D eigenvalue weighted by Gasteiger charge is 2.41. The summed E-state index contributed by atoms with van der Waals surface area (Å²) in [4.78, 5) is 10.1. The number of rotatable bonds is 3. The highest BCUT2D eigenvalue weighted by molar-refractivity contribution is 6.51. The van der Waals surface area contributed by atoms with Crippen molar-refractivity contribution in [1.82, 2.24) is 5.32 Å². The zero-order chi connectivity index (χ0) is 11.5. The molecular weight excluding hydrogens is 197 g/mol. The molecule has 1 rings (SSSR count). The summed E-state index contributed by atoms with van der Waals surface area (Å²) in [6, 6.07) is 0. The van der Waals surface area contributed by atoms with E-state index in [1.165, 1.54) is 0 Å². The van der Waals surface area contributed by atoms with Crippen LogP contribution in [0.4, 0.5) is 4.79 Å². The topological polar surface area (TPSA) is 67.8 Å². The summed E-state index contributed by atoms with van der Waals surface area (Å²) in [6.07, 6.45) is 0.661. The molecule has 1 amide bonds. The molecule has 1 fully saturated rings. The van der Waals surface area contributed by atoms with E-state index in [-0.39, 0.29) is 25.4 Å². The first-order chi connectivity index (χ1) is 6.92. The van der Waals surface area contributed by atoms with Crippen LogP contribution in [0.3, 0.4) is 0 Å². The van der Waals surface area contributed by atoms with Crippen molar-refractivity contribution in [3.63, 3.8) is 0 Å². The third-order valence-corrected chi connectivity index (χ3v) is 2.40. The maximum absolute atomic E-state index is 10.1. The van der Waals surface area contributed by atoms with Gasteiger partial charge < -0.3 is 19.7 Å². The molecule has 0 saturated carbocycles. The Hall–Kier alpha value is -1.01. The number of carboxylic acid groups (broad SMARTS) is 1. The standard InChI is InChI=1S/C9H16BNO4/c1-7-9(2,3)15-10(14-7)5-4-6-11-8(12)13/h4-5,7,11H,6H2,1-3H3,(H,12,13). The van der Waals surface area contributed by atoms with E-state index in [0.29, 0.717) is 0 Å². The minimum atomic E-state index is -1.04. The van der Waals surface area contributed by atoms with Crippen molar-refractivity contribution in [1.29, 1.82) is 0 Å². The number of amides is 1. The van der Waals surface area contributed by atoms with E-state index in [1.807, 2.05) is 20.8 Å². The van der Waals surface area contributed by atoms with Gasteiger partial charge in [-0.1, -0.05) is 12.1 Å². The van der Waals surface area contributed by atoms with Crippen LogP contribution >= 0.6 is 0 Å². The molecule has 84 valence electrons. The molecule has 0 spiro atoms. The molecule has 1 unspecified atom stereocenters. The van der Waals surface area contributed by atoms with Crippen LogP contribution in [0.5, 0.6) is 0 Å². The maximum Gasteiger partial charge on any atom is 0.486 e. The summed E-state index contributed by atoms with van der Waals surface area (Å²) < 4.78 is 11.1. The minimum absolute atomic E-state index is 0.0274. The van der Waals surface area contributed by atoms with Crippen molar-refractivity contribution >= 4 is 13.2 Å². The summed E-state index contributed by atoms with van der Waals surface area (Å²) in [5, 5.41) is 10.5. The molecule has 1 saturated heterocycles. The van der Waals surface area contributed by atoms with Gasteiger partial charge in [0.2, 0.25) is 0 Å². The average molecular weight is 213 g/mol. The lowest BCUT2D eigenvalue weighted by atomic mass is 9.90. The Morgan fingerprint density at radius 2 is 2.33 bits per heavy atom. The van der Waals surface area contributed by atoms with E-state index in [2.05, 4.69) is 5.32 Å². The summed E-state index contributed by atoms with van der Waals surface area (Å²) in [6.45, 7) is 6.12. The first kappa shape index (κ1) is 12.1. The van der Waals surface area contributed by atoms with Crippen molar-refractivity contribution < 1.29 is 19.2 Å². The van der Waals surface area contributed by atoms with Gasteiger partial charge in [0, 0.05) is 6.54 Å². The second kappa shape index (κ2) is 4.68. The molecule has 0 aromatic rings. The van der Waals surface area contributed by atoms with E-state index in [0.717, 1.165) is 0 Å². The fraction of sp³-hybridized carbons (Fsp3) is 0.667. The van der Waals surface area contributed by atoms with Crippen molar-refractivity contribution in [2.75, 3.05) is 6.54 Å². The minimum Gasteiger partial charge on any atom is -0.465 e. The Balaban J connectivity index is 2.32. The van der Waals surface area contributed by atoms with Gasteiger partial charge >= 0.3 is 13.2 Å². The zero-order valence-corrected chi connectivity index (χ0v) is 9.19. The molecule has 2 N–H and O–H groups in total. The SMILES string of the molecule is CC1OB(C=CCNC(=O)O)OC1(C)C. The van der Waals surface area contributed by atoms with E-state index in [4.69, 9.17) is 14.4 Å². The Morgan fingerprint density at radius 3 is 2.80 bits per heavy atom. The van der Waals surface area contributed by atoms with Gasteiger partial charge in [-0.3, -0.25) is 0 Å². The van der Waals surface area contributed by atoms with Gasteiger partial charge in [-0.05, 0) is 20.8 Å². The van der Waals surface area contributed by atoms with Crippen LogP contribution in [0.25, 0.3) is 0 Å². The van der Waals surface area contributed by atoms with Gasteiger partial charge in [0.25, 0.3) is 0 Å². The number of carbonyl (C=O) groups is 1. The first-order valence-electron chi connectivity index (χ1n) is 4.88. The number of hydrogen-bond acceptors (Lipinski definition) is 3. The predicted molar refractivity (Wildman–Crippen MR) is 56.6 cm³/mol. The van der Waals surface area contributed by atoms with Gasteiger partial charge in [0.15, 0.2) is 0 Å². The maximum atomic E-state index is 10.1. The molecule has 1 heterocycles. The van der Waals surface area contributed by atoms with E-state index < -0.39 is 6.09 Å². The third kappa shape index (κ3) is 3.56. The van der Waals surface area contributed by atoms with E-state index in [1.54, 1.807) is 12.1 Å². The largest absolute Gasteiger partial charge is 0.486 e. The van der Waals surface area contributed by atoms with Gasteiger partial charge in [0.05, 0.1) is 11.7 Å². The highest BCUT2D eigenvalue weighted by atomic mass is 16.7. The van der Waals surface area contributed by atoms with Crippen LogP contribution in [0, 0.1) is 0 Å². The summed E-state index contributed by atoms with van der Waals surface area (Å²) in [5.41, 5.74) is -0.296. The Morgan fingerprint density at radius 1 is 1.67 bits per heavy atom. The third-order valence-electron chi connectivity index (χ3n) is 2.40. The van der Waals surface area contributed by atoms with E-state index in [9.17, 15) is 4.79 Å². The fourth-order valence-corrected chi connectivity index (χ4v) is 1.20. The Bertz CT molecular complexity index is 267. The number of nitrogens with one attached hydrogen (secondary N) is 1. The molecule has 15 heavy (non-hydrogen) atoms. The molecule has 5 nitrogen and oxygen atoms in total. The van der Waals surface area contributed by atoms with Crippen LogP contribution < -0.4 is 5.32 Å². The monoisotopic (exact) mass is 213 g/mol. The lowest BCUT2D eigenvalue weighted by molar-refractivity contribution is 0.0842. The smallest absolute Gasteiger partial charge is 0.465 e. The van der Waals surface area contributed by atoms with Crippen LogP contribution in [0.2, 0.25) is 0 Å². The quantitative estimate of drug-likeness (QED) is 0.687. The second-order valence-corrected chi connectivity index (χ2v) is 3.98. The first-order valence-corrected chi connectivity index (χ1v) is 4.88. The van der Waals surface area contributed by atoms with Crippen LogP contribution in [0.15, 0.2) is 12.1 Å². The van der Waals surface area contributed by atoms with Gasteiger partial charge in [-0.2, -0.15) is 0 Å². The molecule has 1 aliphatic rings. The summed E-state index contributed by atoms with van der Waals surface area (Å²) in [5.74, 6) is 1.71. The molecule has 0 bridgehead atoms. The second-order valence-electron chi connectivity index (χ2n) is 3.98. The van der Waals surface area contributed by atoms with Crippen LogP contribution in [0.1, 0.15) is 20.8 Å². The normalized spacial score (nSPS) is 24.7. The molecule has 1 atom stereocenters. The van der Waals surface area contributed by atoms with Crippen molar-refractivity contribution in [3.8, 4) is 0 Å². The Labute approximate surface area is 89.6 Å². The van der Waals surface area contributed by atoms with Gasteiger partial charge in [-0.15, -0.1) is 0 Å². The zero-order valence-electron chi connectivity index (χ0n) is 9.19. The van der Waals surface area contributed by atoms with Crippen molar-refractivity contribution in [3.05, 3.63) is 12.1 Å². The van der Waals surface area contributed by atoms with Crippen molar-refractivity contribution in [2.24, 2.45) is 0 Å². The van der Waals surface area contributed by atoms with E-state index >= 15 is 0 Å². The summed E-state index contributed by atoms with van der Waals surface area (Å²) >= 11 is 0. The van der Waals surface area contributed by atoms with Crippen LogP contribution in [-0.4, -0.2) is 36.6 Å². The highest BCUT2D eigenvalue weighted by Crippen LogP contribution is 2.26. The number of hydrogen-bond donors (Lipinski definition) is 2. The average Bonchev–Trinajstić information content (AvgIpc) is 2.35.